The lowest BCUT2D eigenvalue weighted by Crippen LogP contribution is -2.10. The van der Waals surface area contributed by atoms with Crippen LogP contribution >= 0.6 is 0 Å². The molecule has 11 heavy (non-hydrogen) atoms. The van der Waals surface area contributed by atoms with E-state index in [1.807, 2.05) is 25.2 Å². The van der Waals surface area contributed by atoms with Gasteiger partial charge in [-0.3, -0.25) is 4.79 Å². The molecule has 60 valence electrons. The maximum atomic E-state index is 10.4. The van der Waals surface area contributed by atoms with Crippen LogP contribution in [0.5, 0.6) is 0 Å². The van der Waals surface area contributed by atoms with Crippen LogP contribution in [0.25, 0.3) is 0 Å². The van der Waals surface area contributed by atoms with Gasteiger partial charge in [-0.15, -0.1) is 0 Å². The van der Waals surface area contributed by atoms with E-state index in [1.165, 1.54) is 0 Å². The minimum absolute atomic E-state index is 0.230. The van der Waals surface area contributed by atoms with Crippen LogP contribution in [0.3, 0.4) is 0 Å². The second-order valence-corrected chi connectivity index (χ2v) is 2.19. The molecule has 0 aliphatic rings. The smallest absolute Gasteiger partial charge is 0.221 e. The van der Waals surface area contributed by atoms with E-state index in [1.54, 1.807) is 6.08 Å². The van der Waals surface area contributed by atoms with E-state index in [4.69, 9.17) is 5.73 Å². The Hall–Kier alpha value is -1.31. The van der Waals surface area contributed by atoms with Crippen LogP contribution in [-0.2, 0) is 4.79 Å². The number of carbonyl (C=O) groups is 1. The number of primary amides is 1. The van der Waals surface area contributed by atoms with Gasteiger partial charge < -0.3 is 5.73 Å². The number of hydrogen-bond donors (Lipinski definition) is 1. The third-order valence-electron chi connectivity index (χ3n) is 1.04. The van der Waals surface area contributed by atoms with Crippen molar-refractivity contribution in [3.05, 3.63) is 36.5 Å². The van der Waals surface area contributed by atoms with Crippen molar-refractivity contribution in [2.24, 2.45) is 5.73 Å². The van der Waals surface area contributed by atoms with Gasteiger partial charge in [0.2, 0.25) is 5.91 Å². The van der Waals surface area contributed by atoms with E-state index in [0.717, 1.165) is 5.57 Å². The Balaban J connectivity index is 3.78. The molecule has 0 radical (unpaired) electrons. The van der Waals surface area contributed by atoms with Gasteiger partial charge in [-0.25, -0.2) is 0 Å². The molecule has 0 bridgehead atoms. The molecule has 0 aromatic heterocycles. The summed E-state index contributed by atoms with van der Waals surface area (Å²) in [6.07, 6.45) is 7.59. The minimum atomic E-state index is -0.347. The molecular formula is C9H13NO. The maximum Gasteiger partial charge on any atom is 0.221 e. The summed E-state index contributed by atoms with van der Waals surface area (Å²) in [4.78, 5) is 10.4. The van der Waals surface area contributed by atoms with Crippen molar-refractivity contribution < 1.29 is 4.79 Å². The first-order valence-corrected chi connectivity index (χ1v) is 3.42. The lowest BCUT2D eigenvalue weighted by atomic mass is 10.2. The molecule has 2 heteroatoms. The molecule has 0 saturated carbocycles. The van der Waals surface area contributed by atoms with Crippen LogP contribution in [0, 0.1) is 0 Å². The average Bonchev–Trinajstić information content (AvgIpc) is 1.86. The molecule has 0 atom stereocenters. The van der Waals surface area contributed by atoms with Gasteiger partial charge in [0.25, 0.3) is 0 Å². The number of allylic oxidation sites excluding steroid dienone is 4. The van der Waals surface area contributed by atoms with Gasteiger partial charge in [0.1, 0.15) is 0 Å². The highest BCUT2D eigenvalue weighted by Crippen LogP contribution is 1.98. The highest BCUT2D eigenvalue weighted by atomic mass is 16.1. The van der Waals surface area contributed by atoms with Crippen LogP contribution in [0.2, 0.25) is 0 Å². The first-order chi connectivity index (χ1) is 5.16. The lowest BCUT2D eigenvalue weighted by molar-refractivity contribution is -0.117. The summed E-state index contributed by atoms with van der Waals surface area (Å²) in [6, 6.07) is 0. The molecule has 0 heterocycles. The molecule has 0 spiro atoms. The summed E-state index contributed by atoms with van der Waals surface area (Å²) in [5, 5.41) is 0. The molecule has 0 aromatic carbocycles. The predicted molar refractivity (Wildman–Crippen MR) is 46.9 cm³/mol. The minimum Gasteiger partial charge on any atom is -0.369 e. The highest BCUT2D eigenvalue weighted by Gasteiger charge is 1.93. The van der Waals surface area contributed by atoms with Crippen molar-refractivity contribution in [1.29, 1.82) is 0 Å². The fourth-order valence-electron chi connectivity index (χ4n) is 0.585. The van der Waals surface area contributed by atoms with E-state index in [2.05, 4.69) is 6.58 Å². The van der Waals surface area contributed by atoms with Crippen molar-refractivity contribution in [1.82, 2.24) is 0 Å². The molecule has 0 aliphatic heterocycles. The van der Waals surface area contributed by atoms with Gasteiger partial charge >= 0.3 is 0 Å². The quantitative estimate of drug-likeness (QED) is 0.608. The second-order valence-electron chi connectivity index (χ2n) is 2.19. The van der Waals surface area contributed by atoms with E-state index in [-0.39, 0.29) is 12.3 Å². The van der Waals surface area contributed by atoms with Crippen LogP contribution in [0.4, 0.5) is 0 Å². The Bertz CT molecular complexity index is 202. The molecule has 0 aromatic rings. The summed E-state index contributed by atoms with van der Waals surface area (Å²) in [5.41, 5.74) is 5.68. The van der Waals surface area contributed by atoms with E-state index in [9.17, 15) is 4.79 Å². The molecule has 0 fully saturated rings. The molecule has 2 nitrogen and oxygen atoms in total. The Morgan fingerprint density at radius 2 is 2.18 bits per heavy atom. The Morgan fingerprint density at radius 3 is 2.64 bits per heavy atom. The summed E-state index contributed by atoms with van der Waals surface area (Å²) >= 11 is 0. The van der Waals surface area contributed by atoms with E-state index < -0.39 is 0 Å². The third-order valence-corrected chi connectivity index (χ3v) is 1.04. The Kier molecular flexibility index (Phi) is 4.82. The zero-order valence-corrected chi connectivity index (χ0v) is 6.71. The van der Waals surface area contributed by atoms with Gasteiger partial charge in [-0.1, -0.05) is 30.9 Å². The summed E-state index contributed by atoms with van der Waals surface area (Å²) in [7, 11) is 0. The fourth-order valence-corrected chi connectivity index (χ4v) is 0.585. The van der Waals surface area contributed by atoms with Gasteiger partial charge in [0.05, 0.1) is 6.42 Å². The molecule has 1 amide bonds. The molecule has 0 aliphatic carbocycles. The third kappa shape index (κ3) is 6.58. The van der Waals surface area contributed by atoms with Gasteiger partial charge in [-0.05, 0) is 12.5 Å². The van der Waals surface area contributed by atoms with Crippen molar-refractivity contribution in [2.75, 3.05) is 0 Å². The molecule has 2 N–H and O–H groups in total. The van der Waals surface area contributed by atoms with Gasteiger partial charge in [0, 0.05) is 0 Å². The van der Waals surface area contributed by atoms with Crippen molar-refractivity contribution >= 4 is 5.91 Å². The fraction of sp³-hybridized carbons (Fsp3) is 0.222. The first-order valence-electron chi connectivity index (χ1n) is 3.42. The Labute approximate surface area is 67.1 Å². The standard InChI is InChI=1S/C9H13NO/c1-3-4-5-6-8(2)7-9(10)11/h3-6H,2,7H2,1H3,(H2,10,11)/b4-3-,6-5-. The number of amides is 1. The van der Waals surface area contributed by atoms with Crippen LogP contribution in [0.1, 0.15) is 13.3 Å². The molecule has 0 rings (SSSR count). The SMILES string of the molecule is C=C(/C=C\C=C/C)CC(N)=O. The Morgan fingerprint density at radius 1 is 1.55 bits per heavy atom. The molecular weight excluding hydrogens is 138 g/mol. The summed E-state index contributed by atoms with van der Waals surface area (Å²) < 4.78 is 0. The molecule has 0 saturated heterocycles. The highest BCUT2D eigenvalue weighted by molar-refractivity contribution is 5.77. The van der Waals surface area contributed by atoms with Crippen LogP contribution in [0.15, 0.2) is 36.5 Å². The van der Waals surface area contributed by atoms with Gasteiger partial charge in [0.15, 0.2) is 0 Å². The normalized spacial score (nSPS) is 11.0. The zero-order chi connectivity index (χ0) is 8.69. The molecule has 0 unspecified atom stereocenters. The monoisotopic (exact) mass is 151 g/mol. The van der Waals surface area contributed by atoms with Crippen LogP contribution in [-0.4, -0.2) is 5.91 Å². The van der Waals surface area contributed by atoms with E-state index >= 15 is 0 Å². The number of hydrogen-bond acceptors (Lipinski definition) is 1. The number of nitrogens with two attached hydrogens (primary N) is 1. The van der Waals surface area contributed by atoms with Crippen LogP contribution < -0.4 is 5.73 Å². The summed E-state index contributed by atoms with van der Waals surface area (Å²) in [5.74, 6) is -0.347. The average molecular weight is 151 g/mol. The van der Waals surface area contributed by atoms with Gasteiger partial charge in [-0.2, -0.15) is 0 Å². The van der Waals surface area contributed by atoms with Crippen molar-refractivity contribution in [2.45, 2.75) is 13.3 Å². The number of rotatable bonds is 4. The predicted octanol–water partition coefficient (Wildman–Crippen LogP) is 1.55. The maximum absolute atomic E-state index is 10.4. The topological polar surface area (TPSA) is 43.1 Å². The second kappa shape index (κ2) is 5.47. The van der Waals surface area contributed by atoms with E-state index in [0.29, 0.717) is 0 Å². The lowest BCUT2D eigenvalue weighted by Gasteiger charge is -1.91. The number of carbonyl (C=O) groups excluding carboxylic acids is 1. The van der Waals surface area contributed by atoms with Crippen molar-refractivity contribution in [3.63, 3.8) is 0 Å². The zero-order valence-electron chi connectivity index (χ0n) is 6.71. The summed E-state index contributed by atoms with van der Waals surface area (Å²) in [6.45, 7) is 5.56. The first kappa shape index (κ1) is 9.69. The van der Waals surface area contributed by atoms with Crippen molar-refractivity contribution in [3.8, 4) is 0 Å². The largest absolute Gasteiger partial charge is 0.369 e.